The van der Waals surface area contributed by atoms with Gasteiger partial charge in [0.1, 0.15) is 0 Å². The van der Waals surface area contributed by atoms with Crippen LogP contribution >= 0.6 is 0 Å². The van der Waals surface area contributed by atoms with E-state index in [1.165, 1.54) is 18.4 Å². The van der Waals surface area contributed by atoms with Crippen molar-refractivity contribution >= 4 is 6.08 Å². The normalized spacial score (nSPS) is 22.2. The van der Waals surface area contributed by atoms with Gasteiger partial charge in [-0.25, -0.2) is 4.79 Å². The molecule has 0 atom stereocenters. The first-order valence-electron chi connectivity index (χ1n) is 6.94. The summed E-state index contributed by atoms with van der Waals surface area (Å²) in [5, 5.41) is 0. The number of rotatable bonds is 5. The van der Waals surface area contributed by atoms with E-state index in [1.807, 2.05) is 0 Å². The number of methoxy groups -OCH3 is 1. The Morgan fingerprint density at radius 1 is 1.16 bits per heavy atom. The number of isocyanates is 1. The molecule has 2 fully saturated rings. The van der Waals surface area contributed by atoms with Crippen LogP contribution in [0.25, 0.3) is 0 Å². The molecule has 19 heavy (non-hydrogen) atoms. The minimum absolute atomic E-state index is 0.244. The highest BCUT2D eigenvalue weighted by Crippen LogP contribution is 2.50. The Morgan fingerprint density at radius 3 is 2.21 bits per heavy atom. The predicted octanol–water partition coefficient (Wildman–Crippen LogP) is 3.08. The van der Waals surface area contributed by atoms with Gasteiger partial charge in [0, 0.05) is 12.5 Å². The second-order valence-corrected chi connectivity index (χ2v) is 5.88. The van der Waals surface area contributed by atoms with E-state index in [1.54, 1.807) is 13.2 Å². The van der Waals surface area contributed by atoms with Gasteiger partial charge in [-0.2, -0.15) is 4.99 Å². The molecule has 0 aromatic heterocycles. The summed E-state index contributed by atoms with van der Waals surface area (Å²) in [6, 6.07) is 8.62. The van der Waals surface area contributed by atoms with Crippen molar-refractivity contribution in [2.75, 3.05) is 13.7 Å². The van der Waals surface area contributed by atoms with Crippen molar-refractivity contribution < 1.29 is 9.53 Å². The van der Waals surface area contributed by atoms with Gasteiger partial charge in [-0.15, -0.1) is 0 Å². The van der Waals surface area contributed by atoms with E-state index in [4.69, 9.17) is 4.74 Å². The van der Waals surface area contributed by atoms with E-state index in [9.17, 15) is 4.79 Å². The van der Waals surface area contributed by atoms with Gasteiger partial charge in [-0.3, -0.25) is 0 Å². The van der Waals surface area contributed by atoms with E-state index in [0.29, 0.717) is 0 Å². The highest BCUT2D eigenvalue weighted by atomic mass is 16.5. The average molecular weight is 257 g/mol. The highest BCUT2D eigenvalue weighted by Gasteiger charge is 2.45. The fourth-order valence-corrected chi connectivity index (χ4v) is 3.14. The quantitative estimate of drug-likeness (QED) is 0.600. The zero-order chi connectivity index (χ0) is 13.3. The molecular formula is C16H19NO2. The van der Waals surface area contributed by atoms with Gasteiger partial charge in [0.2, 0.25) is 6.08 Å². The van der Waals surface area contributed by atoms with Crippen LogP contribution in [-0.4, -0.2) is 19.8 Å². The number of hydrogen-bond acceptors (Lipinski definition) is 3. The van der Waals surface area contributed by atoms with Crippen LogP contribution in [0.15, 0.2) is 29.3 Å². The molecule has 3 rings (SSSR count). The molecule has 2 aliphatic carbocycles. The summed E-state index contributed by atoms with van der Waals surface area (Å²) in [5.41, 5.74) is 2.47. The van der Waals surface area contributed by atoms with Gasteiger partial charge in [0.05, 0.1) is 12.1 Å². The zero-order valence-corrected chi connectivity index (χ0v) is 11.3. The predicted molar refractivity (Wildman–Crippen MR) is 72.9 cm³/mol. The van der Waals surface area contributed by atoms with Crippen LogP contribution in [0.4, 0.5) is 0 Å². The lowest BCUT2D eigenvalue weighted by Crippen LogP contribution is -2.31. The van der Waals surface area contributed by atoms with Gasteiger partial charge in [0.25, 0.3) is 0 Å². The maximum absolute atomic E-state index is 10.6. The molecule has 0 amide bonds. The Balaban J connectivity index is 1.85. The third kappa shape index (κ3) is 2.03. The lowest BCUT2D eigenvalue weighted by atomic mass is 9.72. The van der Waals surface area contributed by atoms with Crippen molar-refractivity contribution in [3.8, 4) is 0 Å². The topological polar surface area (TPSA) is 38.7 Å². The molecule has 0 aliphatic heterocycles. The molecule has 0 heterocycles. The number of carbonyl (C=O) groups excluding carboxylic acids is 1. The van der Waals surface area contributed by atoms with Crippen molar-refractivity contribution in [1.29, 1.82) is 0 Å². The van der Waals surface area contributed by atoms with Crippen molar-refractivity contribution in [1.82, 2.24) is 0 Å². The first-order chi connectivity index (χ1) is 9.25. The van der Waals surface area contributed by atoms with E-state index < -0.39 is 0 Å². The molecule has 2 aliphatic rings. The first kappa shape index (κ1) is 12.6. The Hall–Kier alpha value is -1.44. The van der Waals surface area contributed by atoms with Crippen LogP contribution in [0.1, 0.15) is 43.2 Å². The van der Waals surface area contributed by atoms with E-state index in [-0.39, 0.29) is 11.0 Å². The number of nitrogens with zero attached hydrogens (tertiary/aromatic N) is 1. The minimum atomic E-state index is -0.280. The molecule has 3 heteroatoms. The number of ether oxygens (including phenoxy) is 1. The summed E-state index contributed by atoms with van der Waals surface area (Å²) >= 11 is 0. The molecule has 1 aromatic carbocycles. The van der Waals surface area contributed by atoms with Crippen LogP contribution in [0.3, 0.4) is 0 Å². The molecule has 2 saturated carbocycles. The SMILES string of the molecule is COCC1(c2ccc(C3(N=C=O)CCC3)cc2)CC1. The van der Waals surface area contributed by atoms with E-state index >= 15 is 0 Å². The van der Waals surface area contributed by atoms with Gasteiger partial charge >= 0.3 is 0 Å². The summed E-state index contributed by atoms with van der Waals surface area (Å²) in [6.07, 6.45) is 7.22. The fourth-order valence-electron chi connectivity index (χ4n) is 3.14. The van der Waals surface area contributed by atoms with Gasteiger partial charge in [0.15, 0.2) is 0 Å². The van der Waals surface area contributed by atoms with Crippen molar-refractivity contribution in [2.45, 2.75) is 43.1 Å². The summed E-state index contributed by atoms with van der Waals surface area (Å²) < 4.78 is 5.32. The summed E-state index contributed by atoms with van der Waals surface area (Å²) in [6.45, 7) is 0.796. The molecular weight excluding hydrogens is 238 g/mol. The van der Waals surface area contributed by atoms with Gasteiger partial charge in [-0.1, -0.05) is 24.3 Å². The molecule has 0 radical (unpaired) electrons. The maximum atomic E-state index is 10.6. The minimum Gasteiger partial charge on any atom is -0.384 e. The molecule has 0 bridgehead atoms. The lowest BCUT2D eigenvalue weighted by Gasteiger charge is -2.37. The standard InChI is InChI=1S/C16H19NO2/c1-19-11-15(9-10-15)13-3-5-14(6-4-13)16(17-12-18)7-2-8-16/h3-6H,2,7-11H2,1H3. The Kier molecular flexibility index (Phi) is 3.04. The summed E-state index contributed by atoms with van der Waals surface area (Å²) in [7, 11) is 1.76. The smallest absolute Gasteiger partial charge is 0.235 e. The second-order valence-electron chi connectivity index (χ2n) is 5.88. The zero-order valence-electron chi connectivity index (χ0n) is 11.3. The molecule has 100 valence electrons. The number of hydrogen-bond donors (Lipinski definition) is 0. The van der Waals surface area contributed by atoms with Crippen molar-refractivity contribution in [3.05, 3.63) is 35.4 Å². The number of benzene rings is 1. The molecule has 0 unspecified atom stereocenters. The average Bonchev–Trinajstić information content (AvgIpc) is 3.16. The number of aliphatic imine (C=N–C) groups is 1. The third-order valence-corrected chi connectivity index (χ3v) is 4.75. The van der Waals surface area contributed by atoms with Crippen LogP contribution in [0, 0.1) is 0 Å². The molecule has 0 spiro atoms. The van der Waals surface area contributed by atoms with Crippen LogP contribution in [0.2, 0.25) is 0 Å². The molecule has 0 N–H and O–H groups in total. The van der Waals surface area contributed by atoms with Gasteiger partial charge < -0.3 is 4.74 Å². The van der Waals surface area contributed by atoms with Gasteiger partial charge in [-0.05, 0) is 43.2 Å². The second kappa shape index (κ2) is 4.59. The molecule has 1 aromatic rings. The highest BCUT2D eigenvalue weighted by molar-refractivity contribution is 5.41. The lowest BCUT2D eigenvalue weighted by molar-refractivity contribution is 0.171. The third-order valence-electron chi connectivity index (χ3n) is 4.75. The largest absolute Gasteiger partial charge is 0.384 e. The maximum Gasteiger partial charge on any atom is 0.235 e. The Labute approximate surface area is 113 Å². The molecule has 0 saturated heterocycles. The summed E-state index contributed by atoms with van der Waals surface area (Å²) in [5.74, 6) is 0. The van der Waals surface area contributed by atoms with E-state index in [2.05, 4.69) is 29.3 Å². The van der Waals surface area contributed by atoms with Crippen LogP contribution < -0.4 is 0 Å². The monoisotopic (exact) mass is 257 g/mol. The molecule has 3 nitrogen and oxygen atoms in total. The van der Waals surface area contributed by atoms with Crippen molar-refractivity contribution in [2.24, 2.45) is 4.99 Å². The van der Waals surface area contributed by atoms with Crippen LogP contribution in [-0.2, 0) is 20.5 Å². The van der Waals surface area contributed by atoms with E-state index in [0.717, 1.165) is 31.4 Å². The van der Waals surface area contributed by atoms with Crippen molar-refractivity contribution in [3.63, 3.8) is 0 Å². The summed E-state index contributed by atoms with van der Waals surface area (Å²) in [4.78, 5) is 14.6. The first-order valence-corrected chi connectivity index (χ1v) is 6.94. The Morgan fingerprint density at radius 2 is 1.79 bits per heavy atom. The Bertz CT molecular complexity index is 506. The fraction of sp³-hybridized carbons (Fsp3) is 0.562. The van der Waals surface area contributed by atoms with Crippen LogP contribution in [0.5, 0.6) is 0 Å².